The Morgan fingerprint density at radius 1 is 0.959 bits per heavy atom. The molecule has 0 radical (unpaired) electrons. The number of nitrogens with zero attached hydrogens (tertiary/aromatic N) is 5. The van der Waals surface area contributed by atoms with Gasteiger partial charge in [0.05, 0.1) is 22.7 Å². The van der Waals surface area contributed by atoms with E-state index >= 15 is 8.78 Å². The van der Waals surface area contributed by atoms with Crippen LogP contribution in [0.3, 0.4) is 0 Å². The topological polar surface area (TPSA) is 185 Å². The number of fused-ring (bicyclic) bond motifs is 2. The molecule has 10 rings (SSSR count). The number of imide groups is 1. The van der Waals surface area contributed by atoms with Crippen LogP contribution in [0.2, 0.25) is 5.02 Å². The minimum absolute atomic E-state index is 0.0514. The third-order valence-electron chi connectivity index (χ3n) is 16.4. The van der Waals surface area contributed by atoms with Crippen LogP contribution in [-0.2, 0) is 22.2 Å². The third kappa shape index (κ3) is 9.42. The van der Waals surface area contributed by atoms with Gasteiger partial charge in [0.2, 0.25) is 17.7 Å². The Bertz CT molecular complexity index is 2940. The van der Waals surface area contributed by atoms with Gasteiger partial charge in [-0.1, -0.05) is 54.9 Å². The summed E-state index contributed by atoms with van der Waals surface area (Å²) >= 11 is 6.73. The van der Waals surface area contributed by atoms with Crippen LogP contribution in [0.15, 0.2) is 66.7 Å². The first kappa shape index (κ1) is 50.4. The average molecular weight is 1020 g/mol. The van der Waals surface area contributed by atoms with Crippen molar-refractivity contribution >= 4 is 52.1 Å². The second-order valence-corrected chi connectivity index (χ2v) is 20.9. The summed E-state index contributed by atoms with van der Waals surface area (Å²) in [5.41, 5.74) is 7.53. The highest BCUT2D eigenvalue weighted by molar-refractivity contribution is 6.34. The number of aromatic nitrogens is 2. The Labute approximate surface area is 428 Å². The number of benzene rings is 4. The number of nitrogens with one attached hydrogen (secondary N) is 2. The van der Waals surface area contributed by atoms with Gasteiger partial charge in [0.15, 0.2) is 23.0 Å². The van der Waals surface area contributed by atoms with Gasteiger partial charge in [0.1, 0.15) is 18.2 Å². The molecule has 5 aliphatic rings. The Morgan fingerprint density at radius 2 is 1.71 bits per heavy atom. The molecule has 18 heteroatoms. The van der Waals surface area contributed by atoms with E-state index in [4.69, 9.17) is 26.8 Å². The van der Waals surface area contributed by atoms with Crippen LogP contribution in [0.25, 0.3) is 22.0 Å². The van der Waals surface area contributed by atoms with Crippen LogP contribution < -0.4 is 30.7 Å². The Kier molecular flexibility index (Phi) is 14.2. The quantitative estimate of drug-likeness (QED) is 0.0905. The molecule has 5 aromatic rings. The van der Waals surface area contributed by atoms with E-state index in [1.54, 1.807) is 4.90 Å². The van der Waals surface area contributed by atoms with Crippen molar-refractivity contribution in [1.29, 1.82) is 0 Å². The van der Waals surface area contributed by atoms with Gasteiger partial charge in [0, 0.05) is 97.8 Å². The van der Waals surface area contributed by atoms with Gasteiger partial charge < -0.3 is 30.5 Å². The zero-order valence-electron chi connectivity index (χ0n) is 41.5. The van der Waals surface area contributed by atoms with Crippen LogP contribution in [0.5, 0.6) is 11.5 Å². The number of aryl methyl sites for hydroxylation is 1. The summed E-state index contributed by atoms with van der Waals surface area (Å²) < 4.78 is 46.5. The fraction of sp³-hybridized carbons (Fsp3) is 0.473. The standard InChI is InChI=1S/C55H63ClF2N8O7/c1-31-27-35(34-11-14-39-42(28-34)63(3)62-52(39)66-24-20-45(68)61-54(66)71)17-23-65(31)38-18-21-64(22-19-38)53(70)33-9-12-37(13-10-33)60-30-55(36-7-5-4-6-8-36)32(2)46-44(73-55)29-41(57)49(56)48(46)47-40(51(59)69)15-16-43(50(47)58)72-26-25-67/h4-8,11,14-16,28-29,31-33,35,37-38,60,67H,9-10,12-13,17-27,30H2,1-3H3,(H2,59,69)(H,61,68,71)/t31-,32-,33?,35-,37?,55-/m0/s1. The van der Waals surface area contributed by atoms with Gasteiger partial charge in [-0.2, -0.15) is 5.10 Å². The molecule has 15 nitrogen and oxygen atoms in total. The maximum absolute atomic E-state index is 16.5. The summed E-state index contributed by atoms with van der Waals surface area (Å²) in [5, 5.41) is 20.7. The van der Waals surface area contributed by atoms with E-state index in [0.717, 1.165) is 87.5 Å². The first-order chi connectivity index (χ1) is 35.2. The van der Waals surface area contributed by atoms with E-state index in [-0.39, 0.29) is 71.6 Å². The highest BCUT2D eigenvalue weighted by Crippen LogP contribution is 2.56. The minimum atomic E-state index is -1.11. The van der Waals surface area contributed by atoms with Crippen molar-refractivity contribution in [2.45, 2.75) is 107 Å². The Hall–Kier alpha value is -6.14. The maximum Gasteiger partial charge on any atom is 0.329 e. The summed E-state index contributed by atoms with van der Waals surface area (Å²) in [7, 11) is 1.89. The molecular weight excluding hydrogens is 958 g/mol. The Balaban J connectivity index is 0.757. The number of urea groups is 1. The average Bonchev–Trinajstić information content (AvgIpc) is 3.87. The number of aliphatic hydroxyl groups excluding tert-OH is 1. The van der Waals surface area contributed by atoms with Crippen molar-refractivity contribution in [3.63, 3.8) is 0 Å². The lowest BCUT2D eigenvalue weighted by atomic mass is 9.77. The predicted molar refractivity (Wildman–Crippen MR) is 273 cm³/mol. The number of likely N-dealkylation sites (tertiary alicyclic amines) is 2. The van der Waals surface area contributed by atoms with Crippen molar-refractivity contribution in [3.05, 3.63) is 106 Å². The van der Waals surface area contributed by atoms with Crippen molar-refractivity contribution in [2.75, 3.05) is 50.8 Å². The molecule has 5 heterocycles. The highest BCUT2D eigenvalue weighted by Gasteiger charge is 2.50. The predicted octanol–water partition coefficient (Wildman–Crippen LogP) is 7.89. The first-order valence-electron chi connectivity index (χ1n) is 25.7. The number of hydrogen-bond donors (Lipinski definition) is 4. The molecule has 4 aliphatic heterocycles. The molecule has 5 N–H and O–H groups in total. The largest absolute Gasteiger partial charge is 0.488 e. The first-order valence-corrected chi connectivity index (χ1v) is 26.0. The number of ether oxygens (including phenoxy) is 2. The second kappa shape index (κ2) is 20.6. The molecule has 1 aliphatic carbocycles. The Morgan fingerprint density at radius 3 is 2.41 bits per heavy atom. The number of carbonyl (C=O) groups excluding carboxylic acids is 4. The van der Waals surface area contributed by atoms with Gasteiger partial charge in [-0.15, -0.1) is 0 Å². The van der Waals surface area contributed by atoms with Gasteiger partial charge in [-0.25, -0.2) is 13.6 Å². The van der Waals surface area contributed by atoms with E-state index in [0.29, 0.717) is 42.5 Å². The molecule has 4 fully saturated rings. The number of rotatable bonds is 13. The summed E-state index contributed by atoms with van der Waals surface area (Å²) in [6.07, 6.45) is 7.21. The lowest BCUT2D eigenvalue weighted by Crippen LogP contribution is -2.53. The molecular formula is C55H63ClF2N8O7. The summed E-state index contributed by atoms with van der Waals surface area (Å²) in [6, 6.07) is 20.2. The normalized spacial score (nSPS) is 24.9. The maximum atomic E-state index is 16.5. The van der Waals surface area contributed by atoms with E-state index < -0.39 is 40.1 Å². The number of aliphatic hydroxyl groups is 1. The number of anilines is 1. The molecule has 386 valence electrons. The van der Waals surface area contributed by atoms with Crippen molar-refractivity contribution in [2.24, 2.45) is 18.7 Å². The van der Waals surface area contributed by atoms with E-state index in [1.165, 1.54) is 23.8 Å². The fourth-order valence-corrected chi connectivity index (χ4v) is 12.8. The minimum Gasteiger partial charge on any atom is -0.488 e. The van der Waals surface area contributed by atoms with Gasteiger partial charge in [-0.05, 0) is 106 Å². The third-order valence-corrected chi connectivity index (χ3v) is 16.8. The van der Waals surface area contributed by atoms with Crippen LogP contribution in [0.4, 0.5) is 19.4 Å². The van der Waals surface area contributed by atoms with Gasteiger partial charge in [0.25, 0.3) is 0 Å². The smallest absolute Gasteiger partial charge is 0.329 e. The zero-order valence-corrected chi connectivity index (χ0v) is 42.2. The van der Waals surface area contributed by atoms with Crippen molar-refractivity contribution < 1.29 is 42.5 Å². The monoisotopic (exact) mass is 1020 g/mol. The van der Waals surface area contributed by atoms with Gasteiger partial charge in [-0.3, -0.25) is 34.2 Å². The summed E-state index contributed by atoms with van der Waals surface area (Å²) in [5.74, 6) is -2.57. The van der Waals surface area contributed by atoms with Gasteiger partial charge >= 0.3 is 6.03 Å². The van der Waals surface area contributed by atoms with Crippen molar-refractivity contribution in [1.82, 2.24) is 30.2 Å². The van der Waals surface area contributed by atoms with E-state index in [1.807, 2.05) is 49.0 Å². The lowest BCUT2D eigenvalue weighted by Gasteiger charge is -2.46. The summed E-state index contributed by atoms with van der Waals surface area (Å²) in [4.78, 5) is 57.5. The number of halogens is 3. The van der Waals surface area contributed by atoms with Crippen LogP contribution in [-0.4, -0.2) is 113 Å². The van der Waals surface area contributed by atoms with E-state index in [2.05, 4.69) is 50.7 Å². The number of piperidine rings is 2. The number of hydrogen-bond acceptors (Lipinski definition) is 10. The van der Waals surface area contributed by atoms with Crippen LogP contribution in [0.1, 0.15) is 111 Å². The van der Waals surface area contributed by atoms with Crippen molar-refractivity contribution in [3.8, 4) is 22.6 Å². The molecule has 4 atom stereocenters. The molecule has 0 bridgehead atoms. The zero-order chi connectivity index (χ0) is 51.3. The van der Waals surface area contributed by atoms with Crippen LogP contribution >= 0.6 is 11.6 Å². The molecule has 5 amide bonds. The number of primary amides is 1. The summed E-state index contributed by atoms with van der Waals surface area (Å²) in [6.45, 7) is 6.70. The number of carbonyl (C=O) groups is 4. The molecule has 0 spiro atoms. The van der Waals surface area contributed by atoms with E-state index in [9.17, 15) is 24.3 Å². The number of nitrogens with two attached hydrogens (primary N) is 1. The number of amides is 5. The molecule has 3 saturated heterocycles. The molecule has 1 aromatic heterocycles. The lowest BCUT2D eigenvalue weighted by molar-refractivity contribution is -0.138. The molecule has 73 heavy (non-hydrogen) atoms. The molecule has 0 unspecified atom stereocenters. The molecule has 4 aromatic carbocycles. The highest BCUT2D eigenvalue weighted by atomic mass is 35.5. The van der Waals surface area contributed by atoms with Crippen LogP contribution in [0, 0.1) is 17.6 Å². The molecule has 1 saturated carbocycles. The SMILES string of the molecule is C[C@H]1C[C@@H](c2ccc3c(N4CCC(=O)NC4=O)nn(C)c3c2)CCN1C1CCN(C(=O)C2CCC(NC[C@]3(c4ccccc4)Oc4cc(F)c(Cl)c(-c5c(C(N)=O)ccc(OCCO)c5F)c4[C@@H]3C)CC2)CC1. The second-order valence-electron chi connectivity index (χ2n) is 20.5. The fourth-order valence-electron chi connectivity index (χ4n) is 12.5.